The molecule has 0 spiro atoms. The summed E-state index contributed by atoms with van der Waals surface area (Å²) in [4.78, 5) is 39.4. The largest absolute Gasteiger partial charge is 0.485 e. The standard InChI is InChI=1S/C23H20FNO4/c24-16-8-6-13(7-9-16)19(26)12-29-18-3-1-2-17(11-18)25-22(27)20-14-4-5-15(10-14)21(20)23(25)28/h1-3,6-9,11,14-15,20-21H,4-5,10,12H2/t14-,15+,20-,21-/m0/s1. The Balaban J connectivity index is 1.31. The Morgan fingerprint density at radius 2 is 1.66 bits per heavy atom. The third-order valence-electron chi connectivity index (χ3n) is 6.54. The fourth-order valence-corrected chi connectivity index (χ4v) is 5.24. The van der Waals surface area contributed by atoms with Crippen molar-refractivity contribution in [3.8, 4) is 5.75 Å². The van der Waals surface area contributed by atoms with Crippen molar-refractivity contribution in [1.29, 1.82) is 0 Å². The molecule has 2 aromatic rings. The van der Waals surface area contributed by atoms with E-state index in [9.17, 15) is 18.8 Å². The molecule has 0 unspecified atom stereocenters. The van der Waals surface area contributed by atoms with Crippen molar-refractivity contribution in [3.63, 3.8) is 0 Å². The van der Waals surface area contributed by atoms with Gasteiger partial charge in [0.15, 0.2) is 12.4 Å². The summed E-state index contributed by atoms with van der Waals surface area (Å²) < 4.78 is 18.6. The second-order valence-electron chi connectivity index (χ2n) is 8.11. The van der Waals surface area contributed by atoms with Crippen LogP contribution in [0.1, 0.15) is 29.6 Å². The fraction of sp³-hybridized carbons (Fsp3) is 0.348. The highest BCUT2D eigenvalue weighted by Gasteiger charge is 2.61. The van der Waals surface area contributed by atoms with E-state index >= 15 is 0 Å². The number of ether oxygens (including phenoxy) is 1. The highest BCUT2D eigenvalue weighted by atomic mass is 19.1. The van der Waals surface area contributed by atoms with Crippen LogP contribution in [0.25, 0.3) is 0 Å². The molecule has 0 N–H and O–H groups in total. The van der Waals surface area contributed by atoms with E-state index in [2.05, 4.69) is 0 Å². The van der Waals surface area contributed by atoms with Crippen LogP contribution in [-0.4, -0.2) is 24.2 Å². The molecule has 2 amide bonds. The minimum atomic E-state index is -0.409. The number of rotatable bonds is 5. The molecule has 0 radical (unpaired) electrons. The summed E-state index contributed by atoms with van der Waals surface area (Å²) in [6, 6.07) is 12.0. The highest BCUT2D eigenvalue weighted by Crippen LogP contribution is 2.56. The number of anilines is 1. The summed E-state index contributed by atoms with van der Waals surface area (Å²) >= 11 is 0. The van der Waals surface area contributed by atoms with Crippen LogP contribution in [0, 0.1) is 29.5 Å². The molecule has 3 fully saturated rings. The number of imide groups is 1. The Labute approximate surface area is 167 Å². The highest BCUT2D eigenvalue weighted by molar-refractivity contribution is 6.22. The number of ketones is 1. The molecule has 5 nitrogen and oxygen atoms in total. The van der Waals surface area contributed by atoms with Gasteiger partial charge in [-0.15, -0.1) is 0 Å². The second-order valence-corrected chi connectivity index (χ2v) is 8.11. The lowest BCUT2D eigenvalue weighted by molar-refractivity contribution is -0.123. The Hall–Kier alpha value is -3.02. The van der Waals surface area contributed by atoms with Crippen LogP contribution in [0.5, 0.6) is 5.75 Å². The van der Waals surface area contributed by atoms with Gasteiger partial charge in [0.1, 0.15) is 11.6 Å². The lowest BCUT2D eigenvalue weighted by atomic mass is 9.81. The Bertz CT molecular complexity index is 974. The first-order chi connectivity index (χ1) is 14.0. The van der Waals surface area contributed by atoms with Crippen LogP contribution >= 0.6 is 0 Å². The molecule has 29 heavy (non-hydrogen) atoms. The molecule has 3 aliphatic rings. The zero-order valence-electron chi connectivity index (χ0n) is 15.7. The Morgan fingerprint density at radius 3 is 2.31 bits per heavy atom. The molecule has 1 aliphatic heterocycles. The maximum absolute atomic E-state index is 13.0. The number of Topliss-reactive ketones (excluding diaryl/α,β-unsaturated/α-hetero) is 1. The maximum atomic E-state index is 13.0. The molecule has 6 heteroatoms. The predicted molar refractivity (Wildman–Crippen MR) is 103 cm³/mol. The maximum Gasteiger partial charge on any atom is 0.237 e. The number of fused-ring (bicyclic) bond motifs is 5. The Morgan fingerprint density at radius 1 is 1.00 bits per heavy atom. The SMILES string of the molecule is O=C(COc1cccc(N2C(=O)[C@H]3[C@@H]4CC[C@@H](C4)[C@@H]3C2=O)c1)c1ccc(F)cc1. The van der Waals surface area contributed by atoms with Crippen molar-refractivity contribution in [1.82, 2.24) is 0 Å². The summed E-state index contributed by atoms with van der Waals surface area (Å²) in [7, 11) is 0. The third-order valence-corrected chi connectivity index (χ3v) is 6.54. The average molecular weight is 393 g/mol. The van der Waals surface area contributed by atoms with Crippen molar-refractivity contribution < 1.29 is 23.5 Å². The van der Waals surface area contributed by atoms with E-state index in [4.69, 9.17) is 4.74 Å². The van der Waals surface area contributed by atoms with Gasteiger partial charge in [-0.2, -0.15) is 0 Å². The molecule has 0 aromatic heterocycles. The van der Waals surface area contributed by atoms with Gasteiger partial charge < -0.3 is 4.74 Å². The summed E-state index contributed by atoms with van der Waals surface area (Å²) in [6.45, 7) is -0.216. The van der Waals surface area contributed by atoms with Crippen LogP contribution in [0.2, 0.25) is 0 Å². The zero-order chi connectivity index (χ0) is 20.1. The van der Waals surface area contributed by atoms with Gasteiger partial charge in [-0.3, -0.25) is 14.4 Å². The van der Waals surface area contributed by atoms with E-state index in [0.717, 1.165) is 19.3 Å². The molecular weight excluding hydrogens is 373 g/mol. The normalized spacial score (nSPS) is 27.4. The second kappa shape index (κ2) is 6.79. The summed E-state index contributed by atoms with van der Waals surface area (Å²) in [5.41, 5.74) is 0.844. The molecule has 2 aromatic carbocycles. The minimum absolute atomic E-state index is 0.105. The van der Waals surface area contributed by atoms with Crippen LogP contribution in [0.3, 0.4) is 0 Å². The van der Waals surface area contributed by atoms with Crippen molar-refractivity contribution in [2.75, 3.05) is 11.5 Å². The summed E-state index contributed by atoms with van der Waals surface area (Å²) in [5.74, 6) is -0.185. The van der Waals surface area contributed by atoms with E-state index in [-0.39, 0.29) is 36.0 Å². The lowest BCUT2D eigenvalue weighted by Crippen LogP contribution is -2.32. The molecule has 5 rings (SSSR count). The number of benzene rings is 2. The van der Waals surface area contributed by atoms with Crippen molar-refractivity contribution in [2.24, 2.45) is 23.7 Å². The molecule has 148 valence electrons. The van der Waals surface area contributed by atoms with Gasteiger partial charge in [0.05, 0.1) is 17.5 Å². The molecule has 2 bridgehead atoms. The van der Waals surface area contributed by atoms with E-state index in [1.807, 2.05) is 0 Å². The zero-order valence-corrected chi connectivity index (χ0v) is 15.7. The van der Waals surface area contributed by atoms with Crippen molar-refractivity contribution >= 4 is 23.3 Å². The molecule has 4 atom stereocenters. The van der Waals surface area contributed by atoms with Crippen LogP contribution in [0.4, 0.5) is 10.1 Å². The van der Waals surface area contributed by atoms with Gasteiger partial charge in [0.2, 0.25) is 11.8 Å². The molecule has 1 heterocycles. The van der Waals surface area contributed by atoms with Gasteiger partial charge in [-0.1, -0.05) is 6.07 Å². The van der Waals surface area contributed by atoms with E-state index in [1.54, 1.807) is 24.3 Å². The van der Waals surface area contributed by atoms with E-state index < -0.39 is 5.82 Å². The topological polar surface area (TPSA) is 63.7 Å². The molecular formula is C23H20FNO4. The third kappa shape index (κ3) is 2.94. The fourth-order valence-electron chi connectivity index (χ4n) is 5.24. The number of carbonyl (C=O) groups is 3. The molecule has 2 aliphatic carbocycles. The van der Waals surface area contributed by atoms with Gasteiger partial charge >= 0.3 is 0 Å². The predicted octanol–water partition coefficient (Wildman–Crippen LogP) is 3.62. The molecule has 1 saturated heterocycles. The molecule has 2 saturated carbocycles. The van der Waals surface area contributed by atoms with Crippen molar-refractivity contribution in [3.05, 3.63) is 59.9 Å². The lowest BCUT2D eigenvalue weighted by Gasteiger charge is -2.19. The quantitative estimate of drug-likeness (QED) is 0.575. The monoisotopic (exact) mass is 393 g/mol. The number of carbonyl (C=O) groups excluding carboxylic acids is 3. The minimum Gasteiger partial charge on any atom is -0.485 e. The number of hydrogen-bond donors (Lipinski definition) is 0. The summed E-state index contributed by atoms with van der Waals surface area (Å²) in [5, 5.41) is 0. The van der Waals surface area contributed by atoms with Crippen molar-refractivity contribution in [2.45, 2.75) is 19.3 Å². The van der Waals surface area contributed by atoms with Crippen LogP contribution in [-0.2, 0) is 9.59 Å². The first-order valence-corrected chi connectivity index (χ1v) is 9.92. The van der Waals surface area contributed by atoms with Gasteiger partial charge in [0, 0.05) is 11.6 Å². The van der Waals surface area contributed by atoms with Gasteiger partial charge in [0.25, 0.3) is 0 Å². The van der Waals surface area contributed by atoms with Gasteiger partial charge in [-0.05, 0) is 67.5 Å². The van der Waals surface area contributed by atoms with Crippen LogP contribution < -0.4 is 9.64 Å². The number of hydrogen-bond acceptors (Lipinski definition) is 4. The van der Waals surface area contributed by atoms with E-state index in [0.29, 0.717) is 28.8 Å². The number of halogens is 1. The smallest absolute Gasteiger partial charge is 0.237 e. The summed E-state index contributed by atoms with van der Waals surface area (Å²) in [6.07, 6.45) is 3.07. The number of nitrogens with zero attached hydrogens (tertiary/aromatic N) is 1. The van der Waals surface area contributed by atoms with E-state index in [1.165, 1.54) is 29.2 Å². The first-order valence-electron chi connectivity index (χ1n) is 9.92. The van der Waals surface area contributed by atoms with Gasteiger partial charge in [-0.25, -0.2) is 9.29 Å². The van der Waals surface area contributed by atoms with Crippen LogP contribution in [0.15, 0.2) is 48.5 Å². The number of amides is 2. The first kappa shape index (κ1) is 18.0. The average Bonchev–Trinajstić information content (AvgIpc) is 3.41. The Kier molecular flexibility index (Phi) is 4.23.